The minimum atomic E-state index is -0.378. The highest BCUT2D eigenvalue weighted by Crippen LogP contribution is 2.61. The van der Waals surface area contributed by atoms with Crippen molar-refractivity contribution < 1.29 is 19.1 Å². The van der Waals surface area contributed by atoms with E-state index < -0.39 is 0 Å². The van der Waals surface area contributed by atoms with Gasteiger partial charge in [-0.25, -0.2) is 9.59 Å². The summed E-state index contributed by atoms with van der Waals surface area (Å²) in [6, 6.07) is 8.64. The summed E-state index contributed by atoms with van der Waals surface area (Å²) < 4.78 is 10.0. The lowest BCUT2D eigenvalue weighted by Gasteiger charge is -2.48. The number of hydrogen-bond acceptors (Lipinski definition) is 6. The highest BCUT2D eigenvalue weighted by molar-refractivity contribution is 5.95. The molecule has 27 heavy (non-hydrogen) atoms. The second-order valence-corrected chi connectivity index (χ2v) is 7.69. The van der Waals surface area contributed by atoms with Gasteiger partial charge >= 0.3 is 11.9 Å². The van der Waals surface area contributed by atoms with Crippen molar-refractivity contribution in [3.05, 3.63) is 52.7 Å². The number of rotatable bonds is 2. The van der Waals surface area contributed by atoms with E-state index in [2.05, 4.69) is 28.4 Å². The molecule has 6 heteroatoms. The number of benzene rings is 1. The summed E-state index contributed by atoms with van der Waals surface area (Å²) in [4.78, 5) is 27.2. The van der Waals surface area contributed by atoms with Gasteiger partial charge in [-0.2, -0.15) is 0 Å². The summed E-state index contributed by atoms with van der Waals surface area (Å²) in [5, 5.41) is 3.55. The van der Waals surface area contributed by atoms with Gasteiger partial charge in [-0.1, -0.05) is 18.2 Å². The Hall–Kier alpha value is -2.60. The Bertz CT molecular complexity index is 919. The van der Waals surface area contributed by atoms with Gasteiger partial charge in [0, 0.05) is 42.5 Å². The average molecular weight is 366 g/mol. The van der Waals surface area contributed by atoms with E-state index in [0.717, 1.165) is 36.3 Å². The van der Waals surface area contributed by atoms with Gasteiger partial charge in [-0.3, -0.25) is 4.90 Å². The fourth-order valence-corrected chi connectivity index (χ4v) is 5.68. The monoisotopic (exact) mass is 366 g/mol. The van der Waals surface area contributed by atoms with E-state index in [4.69, 9.17) is 9.47 Å². The Morgan fingerprint density at radius 2 is 2.07 bits per heavy atom. The zero-order valence-corrected chi connectivity index (χ0v) is 15.5. The van der Waals surface area contributed by atoms with Crippen LogP contribution >= 0.6 is 0 Å². The molecule has 0 aromatic heterocycles. The molecule has 1 aromatic rings. The lowest BCUT2D eigenvalue weighted by atomic mass is 9.62. The molecule has 1 spiro atoms. The molecule has 3 heterocycles. The molecule has 2 fully saturated rings. The van der Waals surface area contributed by atoms with E-state index >= 15 is 0 Å². The summed E-state index contributed by atoms with van der Waals surface area (Å²) in [6.07, 6.45) is 3.32. The van der Waals surface area contributed by atoms with Crippen molar-refractivity contribution in [2.24, 2.45) is 5.92 Å². The molecule has 3 atom stereocenters. The summed E-state index contributed by atoms with van der Waals surface area (Å²) in [5.41, 5.74) is 4.72. The Kier molecular flexibility index (Phi) is 3.49. The SMILES string of the molecule is COC(=O)/C=C1\CN2CC[C@]34C(=C(C(=O)OC)[C@H]1C[C@H]23)Nc1ccccc14. The number of ether oxygens (including phenoxy) is 2. The van der Waals surface area contributed by atoms with Crippen LogP contribution < -0.4 is 5.32 Å². The first kappa shape index (κ1) is 16.6. The van der Waals surface area contributed by atoms with Crippen LogP contribution in [0.5, 0.6) is 0 Å². The van der Waals surface area contributed by atoms with Crippen LogP contribution in [0, 0.1) is 5.92 Å². The smallest absolute Gasteiger partial charge is 0.336 e. The van der Waals surface area contributed by atoms with Crippen molar-refractivity contribution >= 4 is 17.6 Å². The quantitative estimate of drug-likeness (QED) is 0.638. The first-order valence-electron chi connectivity index (χ1n) is 9.32. The van der Waals surface area contributed by atoms with Gasteiger partial charge in [0.15, 0.2) is 0 Å². The number of esters is 2. The van der Waals surface area contributed by atoms with Gasteiger partial charge in [0.1, 0.15) is 0 Å². The average Bonchev–Trinajstić information content (AvgIpc) is 3.24. The topological polar surface area (TPSA) is 67.9 Å². The molecular formula is C21H22N2O4. The molecule has 0 amide bonds. The molecule has 5 rings (SSSR count). The maximum Gasteiger partial charge on any atom is 0.336 e. The van der Waals surface area contributed by atoms with Crippen molar-refractivity contribution in [3.63, 3.8) is 0 Å². The van der Waals surface area contributed by atoms with E-state index in [-0.39, 0.29) is 23.3 Å². The summed E-state index contributed by atoms with van der Waals surface area (Å²) in [6.45, 7) is 1.62. The third-order valence-corrected chi connectivity index (χ3v) is 6.74. The first-order valence-corrected chi connectivity index (χ1v) is 9.32. The van der Waals surface area contributed by atoms with Crippen LogP contribution in [0.3, 0.4) is 0 Å². The number of carbonyl (C=O) groups excluding carboxylic acids is 2. The predicted octanol–water partition coefficient (Wildman–Crippen LogP) is 1.98. The molecule has 1 aromatic carbocycles. The molecule has 6 nitrogen and oxygen atoms in total. The first-order chi connectivity index (χ1) is 13.1. The standard InChI is InChI=1S/C21H22N2O4/c1-26-17(24)9-12-11-23-8-7-21-14-5-3-4-6-15(14)22-19(21)18(20(25)27-2)13(12)10-16(21)23/h3-6,9,13,16,22H,7-8,10-11H2,1-2H3/b12-9+/t13-,16-,21+/m0/s1. The largest absolute Gasteiger partial charge is 0.466 e. The lowest BCUT2D eigenvalue weighted by molar-refractivity contribution is -0.137. The second kappa shape index (κ2) is 5.70. The molecule has 1 N–H and O–H groups in total. The summed E-state index contributed by atoms with van der Waals surface area (Å²) in [7, 11) is 2.80. The van der Waals surface area contributed by atoms with Gasteiger partial charge in [-0.15, -0.1) is 0 Å². The lowest BCUT2D eigenvalue weighted by Crippen LogP contribution is -2.53. The molecule has 4 aliphatic rings. The maximum atomic E-state index is 12.9. The molecule has 0 saturated carbocycles. The van der Waals surface area contributed by atoms with E-state index in [9.17, 15) is 9.59 Å². The van der Waals surface area contributed by atoms with Crippen molar-refractivity contribution in [1.82, 2.24) is 4.90 Å². The number of methoxy groups -OCH3 is 2. The second-order valence-electron chi connectivity index (χ2n) is 7.69. The number of anilines is 1. The van der Waals surface area contributed by atoms with Gasteiger partial charge in [0.2, 0.25) is 0 Å². The summed E-state index contributed by atoms with van der Waals surface area (Å²) >= 11 is 0. The fraction of sp³-hybridized carbons (Fsp3) is 0.429. The highest BCUT2D eigenvalue weighted by Gasteiger charge is 2.62. The number of fused-ring (bicyclic) bond motifs is 2. The van der Waals surface area contributed by atoms with Crippen LogP contribution in [0.2, 0.25) is 0 Å². The maximum absolute atomic E-state index is 12.9. The third kappa shape index (κ3) is 2.04. The van der Waals surface area contributed by atoms with Crippen LogP contribution in [0.25, 0.3) is 0 Å². The minimum absolute atomic E-state index is 0.124. The van der Waals surface area contributed by atoms with Crippen molar-refractivity contribution in [1.29, 1.82) is 0 Å². The predicted molar refractivity (Wildman–Crippen MR) is 99.0 cm³/mol. The van der Waals surface area contributed by atoms with Crippen LogP contribution in [0.1, 0.15) is 18.4 Å². The Balaban J connectivity index is 1.75. The zero-order chi connectivity index (χ0) is 18.8. The van der Waals surface area contributed by atoms with Crippen molar-refractivity contribution in [2.75, 3.05) is 32.6 Å². The Labute approximate surface area is 157 Å². The molecular weight excluding hydrogens is 344 g/mol. The number of piperidine rings is 1. The van der Waals surface area contributed by atoms with Gasteiger partial charge in [0.25, 0.3) is 0 Å². The van der Waals surface area contributed by atoms with Crippen LogP contribution in [0.4, 0.5) is 5.69 Å². The number of carbonyl (C=O) groups is 2. The molecule has 2 saturated heterocycles. The van der Waals surface area contributed by atoms with Crippen LogP contribution in [0.15, 0.2) is 47.2 Å². The van der Waals surface area contributed by atoms with Crippen molar-refractivity contribution in [3.8, 4) is 0 Å². The van der Waals surface area contributed by atoms with Gasteiger partial charge in [-0.05, 0) is 30.0 Å². The van der Waals surface area contributed by atoms with Gasteiger partial charge in [0.05, 0.1) is 25.2 Å². The molecule has 2 bridgehead atoms. The van der Waals surface area contributed by atoms with E-state index in [0.29, 0.717) is 18.2 Å². The molecule has 1 aliphatic carbocycles. The fourth-order valence-electron chi connectivity index (χ4n) is 5.68. The molecule has 0 radical (unpaired) electrons. The molecule has 3 aliphatic heterocycles. The number of nitrogens with one attached hydrogen (secondary N) is 1. The van der Waals surface area contributed by atoms with Crippen LogP contribution in [-0.4, -0.2) is 50.2 Å². The third-order valence-electron chi connectivity index (χ3n) is 6.74. The summed E-state index contributed by atoms with van der Waals surface area (Å²) in [5.74, 6) is -0.818. The number of para-hydroxylation sites is 1. The minimum Gasteiger partial charge on any atom is -0.466 e. The molecule has 0 unspecified atom stereocenters. The zero-order valence-electron chi connectivity index (χ0n) is 15.5. The number of nitrogens with zero attached hydrogens (tertiary/aromatic N) is 1. The van der Waals surface area contributed by atoms with Gasteiger partial charge < -0.3 is 14.8 Å². The van der Waals surface area contributed by atoms with E-state index in [1.165, 1.54) is 19.8 Å². The Morgan fingerprint density at radius 1 is 1.26 bits per heavy atom. The van der Waals surface area contributed by atoms with E-state index in [1.54, 1.807) is 6.08 Å². The normalized spacial score (nSPS) is 32.0. The van der Waals surface area contributed by atoms with E-state index in [1.807, 2.05) is 6.07 Å². The number of hydrogen-bond donors (Lipinski definition) is 1. The Morgan fingerprint density at radius 3 is 2.85 bits per heavy atom. The van der Waals surface area contributed by atoms with Crippen LogP contribution in [-0.2, 0) is 24.5 Å². The van der Waals surface area contributed by atoms with Crippen molar-refractivity contribution in [2.45, 2.75) is 24.3 Å². The highest BCUT2D eigenvalue weighted by atomic mass is 16.5. The molecule has 140 valence electrons.